The van der Waals surface area contributed by atoms with Crippen LogP contribution in [-0.2, 0) is 13.1 Å². The smallest absolute Gasteiger partial charge is 0.259 e. The fourth-order valence-electron chi connectivity index (χ4n) is 3.09. The second-order valence-electron chi connectivity index (χ2n) is 6.49. The highest BCUT2D eigenvalue weighted by atomic mass is 35.5. The van der Waals surface area contributed by atoms with Crippen LogP contribution in [0.5, 0.6) is 0 Å². The predicted octanol–water partition coefficient (Wildman–Crippen LogP) is 4.71. The van der Waals surface area contributed by atoms with Gasteiger partial charge in [0.15, 0.2) is 4.96 Å². The zero-order valence-electron chi connectivity index (χ0n) is 14.8. The highest BCUT2D eigenvalue weighted by Crippen LogP contribution is 2.24. The van der Waals surface area contributed by atoms with Gasteiger partial charge >= 0.3 is 0 Å². The van der Waals surface area contributed by atoms with Crippen molar-refractivity contribution in [2.75, 3.05) is 7.05 Å². The average molecular weight is 396 g/mol. The molecule has 6 heteroatoms. The third-order valence-corrected chi connectivity index (χ3v) is 5.40. The first-order valence-electron chi connectivity index (χ1n) is 8.59. The van der Waals surface area contributed by atoms with Gasteiger partial charge in [0, 0.05) is 29.6 Å². The summed E-state index contributed by atoms with van der Waals surface area (Å²) < 4.78 is 1.68. The summed E-state index contributed by atoms with van der Waals surface area (Å²) in [5.74, 6) is 0. The van der Waals surface area contributed by atoms with Gasteiger partial charge in [0.2, 0.25) is 0 Å². The molecule has 4 rings (SSSR count). The number of rotatable bonds is 5. The molecule has 2 aromatic carbocycles. The van der Waals surface area contributed by atoms with E-state index in [2.05, 4.69) is 4.90 Å². The highest BCUT2D eigenvalue weighted by Gasteiger charge is 2.12. The molecule has 0 aliphatic heterocycles. The van der Waals surface area contributed by atoms with Gasteiger partial charge in [-0.1, -0.05) is 54.1 Å². The van der Waals surface area contributed by atoms with Gasteiger partial charge in [-0.3, -0.25) is 14.1 Å². The van der Waals surface area contributed by atoms with Crippen molar-refractivity contribution in [2.24, 2.45) is 0 Å². The van der Waals surface area contributed by atoms with Crippen molar-refractivity contribution < 1.29 is 0 Å². The van der Waals surface area contributed by atoms with Crippen LogP contribution in [0.2, 0.25) is 5.02 Å². The van der Waals surface area contributed by atoms with Crippen LogP contribution < -0.4 is 5.56 Å². The van der Waals surface area contributed by atoms with Crippen molar-refractivity contribution in [3.8, 4) is 11.3 Å². The Labute approximate surface area is 166 Å². The third kappa shape index (κ3) is 3.95. The van der Waals surface area contributed by atoms with E-state index < -0.39 is 0 Å². The number of hydrogen-bond acceptors (Lipinski definition) is 4. The van der Waals surface area contributed by atoms with Crippen molar-refractivity contribution in [1.82, 2.24) is 14.3 Å². The molecule has 0 amide bonds. The molecule has 0 radical (unpaired) electrons. The number of nitrogens with zero attached hydrogens (tertiary/aromatic N) is 3. The normalized spacial score (nSPS) is 11.4. The molecular formula is C21H18ClN3OS. The SMILES string of the molecule is CN(Cc1ccc(Cl)cc1)Cc1cc(=O)n2c(-c3ccccc3)csc2n1. The van der Waals surface area contributed by atoms with Crippen LogP contribution >= 0.6 is 22.9 Å². The molecule has 0 atom stereocenters. The van der Waals surface area contributed by atoms with E-state index >= 15 is 0 Å². The van der Waals surface area contributed by atoms with Crippen molar-refractivity contribution in [2.45, 2.75) is 13.1 Å². The molecule has 4 nitrogen and oxygen atoms in total. The number of fused-ring (bicyclic) bond motifs is 1. The summed E-state index contributed by atoms with van der Waals surface area (Å²) in [4.78, 5) is 20.3. The second kappa shape index (κ2) is 7.64. The van der Waals surface area contributed by atoms with E-state index in [0.717, 1.165) is 33.5 Å². The second-order valence-corrected chi connectivity index (χ2v) is 7.76. The Kier molecular flexibility index (Phi) is 5.07. The summed E-state index contributed by atoms with van der Waals surface area (Å²) in [5, 5.41) is 2.72. The molecule has 0 bridgehead atoms. The molecule has 0 fully saturated rings. The first-order valence-corrected chi connectivity index (χ1v) is 9.84. The summed E-state index contributed by atoms with van der Waals surface area (Å²) in [6.45, 7) is 1.37. The first kappa shape index (κ1) is 17.9. The molecule has 0 spiro atoms. The number of halogens is 1. The minimum atomic E-state index is -0.0463. The lowest BCUT2D eigenvalue weighted by molar-refractivity contribution is 0.315. The summed E-state index contributed by atoms with van der Waals surface area (Å²) in [6.07, 6.45) is 0. The Morgan fingerprint density at radius 2 is 1.81 bits per heavy atom. The Bertz CT molecular complexity index is 1120. The van der Waals surface area contributed by atoms with Gasteiger partial charge in [0.25, 0.3) is 5.56 Å². The lowest BCUT2D eigenvalue weighted by Crippen LogP contribution is -2.21. The minimum absolute atomic E-state index is 0.0463. The van der Waals surface area contributed by atoms with Gasteiger partial charge in [-0.2, -0.15) is 0 Å². The van der Waals surface area contributed by atoms with Crippen LogP contribution in [-0.4, -0.2) is 21.3 Å². The molecule has 4 aromatic rings. The maximum absolute atomic E-state index is 12.7. The average Bonchev–Trinajstić information content (AvgIpc) is 3.09. The van der Waals surface area contributed by atoms with Crippen LogP contribution in [0, 0.1) is 0 Å². The fourth-order valence-corrected chi connectivity index (χ4v) is 4.14. The van der Waals surface area contributed by atoms with E-state index in [1.807, 2.05) is 67.0 Å². The quantitative estimate of drug-likeness (QED) is 0.491. The summed E-state index contributed by atoms with van der Waals surface area (Å²) in [7, 11) is 2.02. The van der Waals surface area contributed by atoms with E-state index in [9.17, 15) is 4.79 Å². The lowest BCUT2D eigenvalue weighted by Gasteiger charge is -2.16. The van der Waals surface area contributed by atoms with Crippen LogP contribution in [0.3, 0.4) is 0 Å². The third-order valence-electron chi connectivity index (χ3n) is 4.33. The van der Waals surface area contributed by atoms with Crippen LogP contribution in [0.25, 0.3) is 16.2 Å². The summed E-state index contributed by atoms with van der Waals surface area (Å²) >= 11 is 7.43. The molecule has 2 aromatic heterocycles. The maximum atomic E-state index is 12.7. The molecule has 2 heterocycles. The summed E-state index contributed by atoms with van der Waals surface area (Å²) in [5.41, 5.74) is 3.80. The van der Waals surface area contributed by atoms with Gasteiger partial charge in [0.05, 0.1) is 11.4 Å². The monoisotopic (exact) mass is 395 g/mol. The van der Waals surface area contributed by atoms with Crippen LogP contribution in [0.4, 0.5) is 0 Å². The van der Waals surface area contributed by atoms with Crippen molar-refractivity contribution >= 4 is 27.9 Å². The van der Waals surface area contributed by atoms with E-state index in [1.54, 1.807) is 10.5 Å². The predicted molar refractivity (Wildman–Crippen MR) is 111 cm³/mol. The van der Waals surface area contributed by atoms with Crippen molar-refractivity contribution in [3.63, 3.8) is 0 Å². The zero-order chi connectivity index (χ0) is 18.8. The minimum Gasteiger partial charge on any atom is -0.296 e. The lowest BCUT2D eigenvalue weighted by atomic mass is 10.2. The number of aromatic nitrogens is 2. The number of thiazole rings is 1. The van der Waals surface area contributed by atoms with E-state index in [1.165, 1.54) is 16.9 Å². The Morgan fingerprint density at radius 1 is 1.07 bits per heavy atom. The number of hydrogen-bond donors (Lipinski definition) is 0. The highest BCUT2D eigenvalue weighted by molar-refractivity contribution is 7.15. The van der Waals surface area contributed by atoms with Gasteiger partial charge < -0.3 is 0 Å². The molecule has 27 heavy (non-hydrogen) atoms. The fraction of sp³-hybridized carbons (Fsp3) is 0.143. The molecule has 0 aliphatic carbocycles. The molecular weight excluding hydrogens is 378 g/mol. The Hall–Kier alpha value is -2.47. The maximum Gasteiger partial charge on any atom is 0.259 e. The Morgan fingerprint density at radius 3 is 2.56 bits per heavy atom. The Balaban J connectivity index is 1.58. The van der Waals surface area contributed by atoms with Crippen molar-refractivity contribution in [1.29, 1.82) is 0 Å². The van der Waals surface area contributed by atoms with Gasteiger partial charge in [-0.25, -0.2) is 4.98 Å². The molecule has 0 unspecified atom stereocenters. The van der Waals surface area contributed by atoms with E-state index in [-0.39, 0.29) is 5.56 Å². The van der Waals surface area contributed by atoms with Crippen LogP contribution in [0.15, 0.2) is 70.8 Å². The van der Waals surface area contributed by atoms with E-state index in [0.29, 0.717) is 6.54 Å². The van der Waals surface area contributed by atoms with Crippen molar-refractivity contribution in [3.05, 3.63) is 92.7 Å². The number of benzene rings is 2. The molecule has 0 N–H and O–H groups in total. The van der Waals surface area contributed by atoms with E-state index in [4.69, 9.17) is 16.6 Å². The summed E-state index contributed by atoms with van der Waals surface area (Å²) in [6, 6.07) is 19.3. The zero-order valence-corrected chi connectivity index (χ0v) is 16.4. The molecule has 0 saturated heterocycles. The topological polar surface area (TPSA) is 37.6 Å². The first-order chi connectivity index (χ1) is 13.1. The van der Waals surface area contributed by atoms with Gasteiger partial charge in [-0.05, 0) is 30.3 Å². The van der Waals surface area contributed by atoms with Gasteiger partial charge in [-0.15, -0.1) is 11.3 Å². The van der Waals surface area contributed by atoms with Crippen LogP contribution in [0.1, 0.15) is 11.3 Å². The molecule has 136 valence electrons. The standard InChI is InChI=1S/C21H18ClN3OS/c1-24(12-15-7-9-17(22)10-8-15)13-18-11-20(26)25-19(14-27-21(25)23-18)16-5-3-2-4-6-16/h2-11,14H,12-13H2,1H3. The molecule has 0 saturated carbocycles. The molecule has 0 aliphatic rings. The van der Waals surface area contributed by atoms with Gasteiger partial charge in [0.1, 0.15) is 0 Å². The largest absolute Gasteiger partial charge is 0.296 e.